The highest BCUT2D eigenvalue weighted by Gasteiger charge is 2.08. The quantitative estimate of drug-likeness (QED) is 0.806. The highest BCUT2D eigenvalue weighted by Crippen LogP contribution is 2.20. The molecule has 0 saturated carbocycles. The van der Waals surface area contributed by atoms with Crippen molar-refractivity contribution in [2.75, 3.05) is 0 Å². The molecule has 2 rings (SSSR count). The molecule has 2 aromatic rings. The SMILES string of the molecule is Cc1ccc(OCc2ccc(I)cc2)c(CC(C)N)n1. The molecule has 1 aromatic heterocycles. The maximum Gasteiger partial charge on any atom is 0.141 e. The largest absolute Gasteiger partial charge is 0.487 e. The molecule has 0 aliphatic heterocycles. The van der Waals surface area contributed by atoms with Crippen LogP contribution >= 0.6 is 22.6 Å². The van der Waals surface area contributed by atoms with E-state index in [1.54, 1.807) is 0 Å². The summed E-state index contributed by atoms with van der Waals surface area (Å²) in [6.07, 6.45) is 0.726. The van der Waals surface area contributed by atoms with E-state index in [9.17, 15) is 0 Å². The van der Waals surface area contributed by atoms with Crippen molar-refractivity contribution in [3.05, 3.63) is 56.9 Å². The second kappa shape index (κ2) is 7.04. The van der Waals surface area contributed by atoms with Gasteiger partial charge in [-0.05, 0) is 66.3 Å². The number of benzene rings is 1. The summed E-state index contributed by atoms with van der Waals surface area (Å²) in [6, 6.07) is 12.3. The van der Waals surface area contributed by atoms with Crippen LogP contribution in [0.3, 0.4) is 0 Å². The average molecular weight is 382 g/mol. The van der Waals surface area contributed by atoms with Gasteiger partial charge in [0.25, 0.3) is 0 Å². The van der Waals surface area contributed by atoms with Crippen LogP contribution in [0.4, 0.5) is 0 Å². The molecule has 0 bridgehead atoms. The van der Waals surface area contributed by atoms with E-state index in [0.29, 0.717) is 6.61 Å². The fourth-order valence-corrected chi connectivity index (χ4v) is 2.28. The molecule has 0 radical (unpaired) electrons. The number of nitrogens with zero attached hydrogens (tertiary/aromatic N) is 1. The fraction of sp³-hybridized carbons (Fsp3) is 0.312. The van der Waals surface area contributed by atoms with Crippen LogP contribution in [-0.2, 0) is 13.0 Å². The molecule has 0 aliphatic carbocycles. The second-order valence-corrected chi connectivity index (χ2v) is 6.24. The van der Waals surface area contributed by atoms with E-state index in [4.69, 9.17) is 10.5 Å². The molecule has 3 nitrogen and oxygen atoms in total. The number of ether oxygens (including phenoxy) is 1. The lowest BCUT2D eigenvalue weighted by Gasteiger charge is -2.13. The van der Waals surface area contributed by atoms with Gasteiger partial charge in [-0.3, -0.25) is 4.98 Å². The summed E-state index contributed by atoms with van der Waals surface area (Å²) in [5.74, 6) is 0.825. The molecule has 20 heavy (non-hydrogen) atoms. The molecule has 1 aromatic carbocycles. The van der Waals surface area contributed by atoms with Crippen LogP contribution in [-0.4, -0.2) is 11.0 Å². The van der Waals surface area contributed by atoms with Gasteiger partial charge >= 0.3 is 0 Å². The van der Waals surface area contributed by atoms with Gasteiger partial charge < -0.3 is 10.5 Å². The Bertz CT molecular complexity index is 567. The Morgan fingerprint density at radius 2 is 1.90 bits per heavy atom. The zero-order valence-corrected chi connectivity index (χ0v) is 13.9. The molecule has 4 heteroatoms. The predicted octanol–water partition coefficient (Wildman–Crippen LogP) is 3.46. The maximum atomic E-state index is 5.90. The van der Waals surface area contributed by atoms with Gasteiger partial charge in [-0.1, -0.05) is 12.1 Å². The third-order valence-electron chi connectivity index (χ3n) is 2.89. The third-order valence-corrected chi connectivity index (χ3v) is 3.61. The number of hydrogen-bond acceptors (Lipinski definition) is 3. The Balaban J connectivity index is 2.10. The van der Waals surface area contributed by atoms with Gasteiger partial charge in [-0.25, -0.2) is 0 Å². The molecule has 0 aliphatic rings. The molecule has 106 valence electrons. The normalized spacial score (nSPS) is 12.2. The first-order chi connectivity index (χ1) is 9.54. The topological polar surface area (TPSA) is 48.1 Å². The predicted molar refractivity (Wildman–Crippen MR) is 89.8 cm³/mol. The standard InChI is InChI=1S/C16H19IN2O/c1-11(18)9-15-16(8-3-12(2)19-15)20-10-13-4-6-14(17)7-5-13/h3-8,11H,9-10,18H2,1-2H3. The molecular formula is C16H19IN2O. The minimum Gasteiger partial charge on any atom is -0.487 e. The smallest absolute Gasteiger partial charge is 0.141 e. The molecule has 0 fully saturated rings. The second-order valence-electron chi connectivity index (χ2n) is 4.99. The van der Waals surface area contributed by atoms with Crippen molar-refractivity contribution in [2.24, 2.45) is 5.73 Å². The summed E-state index contributed by atoms with van der Waals surface area (Å²) in [5.41, 5.74) is 8.95. The number of hydrogen-bond donors (Lipinski definition) is 1. The number of rotatable bonds is 5. The first-order valence-corrected chi connectivity index (χ1v) is 7.72. The minimum atomic E-state index is 0.0740. The number of pyridine rings is 1. The van der Waals surface area contributed by atoms with Crippen molar-refractivity contribution in [2.45, 2.75) is 32.9 Å². The molecule has 1 unspecified atom stereocenters. The summed E-state index contributed by atoms with van der Waals surface area (Å²) >= 11 is 2.29. The molecule has 1 atom stereocenters. The summed E-state index contributed by atoms with van der Waals surface area (Å²) in [7, 11) is 0. The average Bonchev–Trinajstić information content (AvgIpc) is 2.39. The van der Waals surface area contributed by atoms with E-state index in [1.165, 1.54) is 3.57 Å². The maximum absolute atomic E-state index is 5.90. The number of aromatic nitrogens is 1. The van der Waals surface area contributed by atoms with Gasteiger partial charge in [0.05, 0.1) is 5.69 Å². The van der Waals surface area contributed by atoms with E-state index < -0.39 is 0 Å². The lowest BCUT2D eigenvalue weighted by molar-refractivity contribution is 0.300. The van der Waals surface area contributed by atoms with Gasteiger partial charge in [0.1, 0.15) is 12.4 Å². The third kappa shape index (κ3) is 4.45. The van der Waals surface area contributed by atoms with Crippen LogP contribution in [0.5, 0.6) is 5.75 Å². The van der Waals surface area contributed by atoms with Gasteiger partial charge in [0.2, 0.25) is 0 Å². The number of halogens is 1. The van der Waals surface area contributed by atoms with Crippen molar-refractivity contribution in [3.63, 3.8) is 0 Å². The van der Waals surface area contributed by atoms with Crippen molar-refractivity contribution in [3.8, 4) is 5.75 Å². The van der Waals surface area contributed by atoms with Crippen molar-refractivity contribution < 1.29 is 4.74 Å². The number of aryl methyl sites for hydroxylation is 1. The Morgan fingerprint density at radius 3 is 2.55 bits per heavy atom. The molecule has 1 heterocycles. The molecule has 0 spiro atoms. The lowest BCUT2D eigenvalue weighted by atomic mass is 10.1. The van der Waals surface area contributed by atoms with E-state index in [2.05, 4.69) is 51.8 Å². The number of nitrogens with two attached hydrogens (primary N) is 1. The Kier molecular flexibility index (Phi) is 5.37. The first-order valence-electron chi connectivity index (χ1n) is 6.64. The van der Waals surface area contributed by atoms with E-state index in [-0.39, 0.29) is 6.04 Å². The summed E-state index contributed by atoms with van der Waals surface area (Å²) < 4.78 is 7.12. The minimum absolute atomic E-state index is 0.0740. The van der Waals surface area contributed by atoms with Crippen LogP contribution < -0.4 is 10.5 Å². The van der Waals surface area contributed by atoms with Crippen molar-refractivity contribution >= 4 is 22.6 Å². The summed E-state index contributed by atoms with van der Waals surface area (Å²) in [6.45, 7) is 4.51. The van der Waals surface area contributed by atoms with Gasteiger partial charge in [-0.15, -0.1) is 0 Å². The Morgan fingerprint density at radius 1 is 1.20 bits per heavy atom. The fourth-order valence-electron chi connectivity index (χ4n) is 1.92. The van der Waals surface area contributed by atoms with Crippen molar-refractivity contribution in [1.82, 2.24) is 4.98 Å². The van der Waals surface area contributed by atoms with Gasteiger partial charge in [0.15, 0.2) is 0 Å². The van der Waals surface area contributed by atoms with Crippen LogP contribution in [0.25, 0.3) is 0 Å². The first kappa shape index (κ1) is 15.3. The highest BCUT2D eigenvalue weighted by molar-refractivity contribution is 14.1. The molecule has 0 amide bonds. The Hall–Kier alpha value is -1.14. The summed E-state index contributed by atoms with van der Waals surface area (Å²) in [5, 5.41) is 0. The van der Waals surface area contributed by atoms with Crippen LogP contribution in [0.1, 0.15) is 23.9 Å². The lowest BCUT2D eigenvalue weighted by Crippen LogP contribution is -2.19. The van der Waals surface area contributed by atoms with Crippen LogP contribution in [0, 0.1) is 10.5 Å². The molecular weight excluding hydrogens is 363 g/mol. The Labute approximate surface area is 133 Å². The van der Waals surface area contributed by atoms with Crippen LogP contribution in [0.15, 0.2) is 36.4 Å². The van der Waals surface area contributed by atoms with Gasteiger partial charge in [0, 0.05) is 21.7 Å². The van der Waals surface area contributed by atoms with E-state index in [0.717, 1.165) is 29.1 Å². The molecule has 2 N–H and O–H groups in total. The summed E-state index contributed by atoms with van der Waals surface area (Å²) in [4.78, 5) is 4.53. The zero-order chi connectivity index (χ0) is 14.5. The van der Waals surface area contributed by atoms with E-state index >= 15 is 0 Å². The van der Waals surface area contributed by atoms with E-state index in [1.807, 2.05) is 26.0 Å². The zero-order valence-electron chi connectivity index (χ0n) is 11.8. The molecule has 0 saturated heterocycles. The monoisotopic (exact) mass is 382 g/mol. The van der Waals surface area contributed by atoms with Crippen LogP contribution in [0.2, 0.25) is 0 Å². The highest BCUT2D eigenvalue weighted by atomic mass is 127. The van der Waals surface area contributed by atoms with Gasteiger partial charge in [-0.2, -0.15) is 0 Å². The van der Waals surface area contributed by atoms with Crippen molar-refractivity contribution in [1.29, 1.82) is 0 Å².